The summed E-state index contributed by atoms with van der Waals surface area (Å²) in [7, 11) is 4.54. The summed E-state index contributed by atoms with van der Waals surface area (Å²) in [5, 5.41) is 2.82. The highest BCUT2D eigenvalue weighted by atomic mass is 16.5. The standard InChI is InChI=1S/C20H25NO5/c1-5-14-7-6-8-16(11-14)26-10-9-21-20(22)15-12-17(23-2)19(25-4)18(13-15)24-3/h6-8,11-13H,5,9-10H2,1-4H3,(H,21,22). The number of ether oxygens (including phenoxy) is 4. The molecule has 2 rings (SSSR count). The van der Waals surface area contributed by atoms with Gasteiger partial charge in [-0.2, -0.15) is 0 Å². The van der Waals surface area contributed by atoms with Gasteiger partial charge in [0.05, 0.1) is 27.9 Å². The van der Waals surface area contributed by atoms with E-state index in [2.05, 4.69) is 18.3 Å². The molecule has 0 aliphatic carbocycles. The monoisotopic (exact) mass is 359 g/mol. The van der Waals surface area contributed by atoms with Crippen molar-refractivity contribution >= 4 is 5.91 Å². The maximum absolute atomic E-state index is 12.4. The van der Waals surface area contributed by atoms with Gasteiger partial charge in [0.25, 0.3) is 5.91 Å². The lowest BCUT2D eigenvalue weighted by molar-refractivity contribution is 0.0946. The fraction of sp³-hybridized carbons (Fsp3) is 0.350. The van der Waals surface area contributed by atoms with Crippen molar-refractivity contribution in [2.75, 3.05) is 34.5 Å². The lowest BCUT2D eigenvalue weighted by Gasteiger charge is -2.14. The predicted molar refractivity (Wildman–Crippen MR) is 99.7 cm³/mol. The van der Waals surface area contributed by atoms with E-state index in [4.69, 9.17) is 18.9 Å². The molecule has 1 amide bonds. The van der Waals surface area contributed by atoms with Crippen LogP contribution in [0.15, 0.2) is 36.4 Å². The van der Waals surface area contributed by atoms with Gasteiger partial charge in [-0.3, -0.25) is 4.79 Å². The van der Waals surface area contributed by atoms with E-state index < -0.39 is 0 Å². The Morgan fingerprint density at radius 3 is 2.27 bits per heavy atom. The van der Waals surface area contributed by atoms with E-state index >= 15 is 0 Å². The van der Waals surface area contributed by atoms with E-state index in [1.807, 2.05) is 18.2 Å². The first-order valence-corrected chi connectivity index (χ1v) is 8.42. The second kappa shape index (κ2) is 9.56. The van der Waals surface area contributed by atoms with Crippen LogP contribution in [0.5, 0.6) is 23.0 Å². The number of nitrogens with one attached hydrogen (secondary N) is 1. The van der Waals surface area contributed by atoms with Crippen molar-refractivity contribution in [3.63, 3.8) is 0 Å². The molecule has 0 bridgehead atoms. The first kappa shape index (κ1) is 19.4. The smallest absolute Gasteiger partial charge is 0.251 e. The molecule has 2 aromatic rings. The summed E-state index contributed by atoms with van der Waals surface area (Å²) < 4.78 is 21.5. The molecule has 140 valence electrons. The molecule has 0 unspecified atom stereocenters. The molecule has 0 spiro atoms. The highest BCUT2D eigenvalue weighted by Gasteiger charge is 2.16. The molecule has 0 radical (unpaired) electrons. The highest BCUT2D eigenvalue weighted by molar-refractivity contribution is 5.95. The van der Waals surface area contributed by atoms with Gasteiger partial charge in [-0.1, -0.05) is 19.1 Å². The fourth-order valence-corrected chi connectivity index (χ4v) is 2.50. The molecular formula is C20H25NO5. The first-order valence-electron chi connectivity index (χ1n) is 8.42. The number of hydrogen-bond acceptors (Lipinski definition) is 5. The normalized spacial score (nSPS) is 10.2. The van der Waals surface area contributed by atoms with Crippen LogP contribution < -0.4 is 24.3 Å². The molecule has 6 heteroatoms. The van der Waals surface area contributed by atoms with Crippen molar-refractivity contribution in [3.05, 3.63) is 47.5 Å². The lowest BCUT2D eigenvalue weighted by atomic mass is 10.1. The zero-order chi connectivity index (χ0) is 18.9. The van der Waals surface area contributed by atoms with Crippen molar-refractivity contribution in [3.8, 4) is 23.0 Å². The summed E-state index contributed by atoms with van der Waals surface area (Å²) >= 11 is 0. The maximum atomic E-state index is 12.4. The van der Waals surface area contributed by atoms with Crippen LogP contribution in [-0.2, 0) is 6.42 Å². The van der Waals surface area contributed by atoms with E-state index in [9.17, 15) is 4.79 Å². The van der Waals surface area contributed by atoms with Crippen molar-refractivity contribution in [2.24, 2.45) is 0 Å². The molecule has 0 aliphatic rings. The Morgan fingerprint density at radius 1 is 1.00 bits per heavy atom. The highest BCUT2D eigenvalue weighted by Crippen LogP contribution is 2.38. The van der Waals surface area contributed by atoms with Gasteiger partial charge >= 0.3 is 0 Å². The molecule has 6 nitrogen and oxygen atoms in total. The Balaban J connectivity index is 1.95. The van der Waals surface area contributed by atoms with E-state index in [0.717, 1.165) is 12.2 Å². The van der Waals surface area contributed by atoms with Gasteiger partial charge in [0.15, 0.2) is 11.5 Å². The summed E-state index contributed by atoms with van der Waals surface area (Å²) in [4.78, 5) is 12.4. The van der Waals surface area contributed by atoms with Crippen LogP contribution in [0.3, 0.4) is 0 Å². The fourth-order valence-electron chi connectivity index (χ4n) is 2.50. The van der Waals surface area contributed by atoms with Crippen LogP contribution in [0.2, 0.25) is 0 Å². The molecule has 1 N–H and O–H groups in total. The largest absolute Gasteiger partial charge is 0.493 e. The topological polar surface area (TPSA) is 66.0 Å². The molecule has 2 aromatic carbocycles. The van der Waals surface area contributed by atoms with Crippen molar-refractivity contribution < 1.29 is 23.7 Å². The number of benzene rings is 2. The van der Waals surface area contributed by atoms with E-state index in [0.29, 0.717) is 36.0 Å². The third kappa shape index (κ3) is 4.81. The van der Waals surface area contributed by atoms with Gasteiger partial charge in [0, 0.05) is 5.56 Å². The lowest BCUT2D eigenvalue weighted by Crippen LogP contribution is -2.28. The summed E-state index contributed by atoms with van der Waals surface area (Å²) in [6, 6.07) is 11.1. The predicted octanol–water partition coefficient (Wildman–Crippen LogP) is 3.08. The quantitative estimate of drug-likeness (QED) is 0.697. The van der Waals surface area contributed by atoms with Gasteiger partial charge in [-0.15, -0.1) is 0 Å². The van der Waals surface area contributed by atoms with Crippen LogP contribution in [0.1, 0.15) is 22.8 Å². The Labute approximate surface area is 154 Å². The number of aryl methyl sites for hydroxylation is 1. The zero-order valence-corrected chi connectivity index (χ0v) is 15.6. The maximum Gasteiger partial charge on any atom is 0.251 e. The van der Waals surface area contributed by atoms with Crippen LogP contribution in [0.4, 0.5) is 0 Å². The van der Waals surface area contributed by atoms with Crippen molar-refractivity contribution in [2.45, 2.75) is 13.3 Å². The number of rotatable bonds is 9. The summed E-state index contributed by atoms with van der Waals surface area (Å²) in [5.41, 5.74) is 1.64. The summed E-state index contributed by atoms with van der Waals surface area (Å²) in [6.07, 6.45) is 0.953. The van der Waals surface area contributed by atoms with Gasteiger partial charge < -0.3 is 24.3 Å². The Hall–Kier alpha value is -2.89. The Morgan fingerprint density at radius 2 is 1.69 bits per heavy atom. The third-order valence-corrected chi connectivity index (χ3v) is 3.89. The molecule has 0 fully saturated rings. The number of carbonyl (C=O) groups is 1. The van der Waals surface area contributed by atoms with Crippen LogP contribution in [0, 0.1) is 0 Å². The third-order valence-electron chi connectivity index (χ3n) is 3.89. The minimum absolute atomic E-state index is 0.241. The van der Waals surface area contributed by atoms with Gasteiger partial charge in [0.1, 0.15) is 12.4 Å². The molecular weight excluding hydrogens is 334 g/mol. The van der Waals surface area contributed by atoms with Gasteiger partial charge in [-0.25, -0.2) is 0 Å². The van der Waals surface area contributed by atoms with Crippen LogP contribution in [-0.4, -0.2) is 40.4 Å². The minimum Gasteiger partial charge on any atom is -0.493 e. The van der Waals surface area contributed by atoms with E-state index in [-0.39, 0.29) is 5.91 Å². The number of carbonyl (C=O) groups excluding carboxylic acids is 1. The number of methoxy groups -OCH3 is 3. The summed E-state index contributed by atoms with van der Waals surface area (Å²) in [5.74, 6) is 1.88. The Bertz CT molecular complexity index is 720. The average Bonchev–Trinajstić information content (AvgIpc) is 2.69. The molecule has 0 saturated carbocycles. The molecule has 0 atom stereocenters. The van der Waals surface area contributed by atoms with Crippen molar-refractivity contribution in [1.29, 1.82) is 0 Å². The first-order chi connectivity index (χ1) is 12.6. The molecule has 0 aromatic heterocycles. The van der Waals surface area contributed by atoms with Crippen LogP contribution in [0.25, 0.3) is 0 Å². The zero-order valence-electron chi connectivity index (χ0n) is 15.6. The second-order valence-electron chi connectivity index (χ2n) is 5.52. The molecule has 0 saturated heterocycles. The summed E-state index contributed by atoms with van der Waals surface area (Å²) in [6.45, 7) is 2.85. The number of hydrogen-bond donors (Lipinski definition) is 1. The van der Waals surface area contributed by atoms with E-state index in [1.165, 1.54) is 26.9 Å². The SMILES string of the molecule is CCc1cccc(OCCNC(=O)c2cc(OC)c(OC)c(OC)c2)c1. The van der Waals surface area contributed by atoms with Crippen LogP contribution >= 0.6 is 0 Å². The van der Waals surface area contributed by atoms with Crippen molar-refractivity contribution in [1.82, 2.24) is 5.32 Å². The second-order valence-corrected chi connectivity index (χ2v) is 5.52. The minimum atomic E-state index is -0.241. The van der Waals surface area contributed by atoms with E-state index in [1.54, 1.807) is 12.1 Å². The Kier molecular flexibility index (Phi) is 7.14. The number of amides is 1. The average molecular weight is 359 g/mol. The molecule has 0 aliphatic heterocycles. The molecule has 0 heterocycles. The van der Waals surface area contributed by atoms with Gasteiger partial charge in [0.2, 0.25) is 5.75 Å². The molecule has 26 heavy (non-hydrogen) atoms. The van der Waals surface area contributed by atoms with Gasteiger partial charge in [-0.05, 0) is 36.2 Å².